The second-order valence-electron chi connectivity index (χ2n) is 3.23. The van der Waals surface area contributed by atoms with Gasteiger partial charge < -0.3 is 20.1 Å². The number of aliphatic imine (C=N–C) groups is 1. The molecule has 0 fully saturated rings. The third kappa shape index (κ3) is 9.73. The highest BCUT2D eigenvalue weighted by Crippen LogP contribution is 1.82. The fourth-order valence-electron chi connectivity index (χ4n) is 1.13. The highest BCUT2D eigenvalue weighted by molar-refractivity contribution is 5.79. The first kappa shape index (κ1) is 15.2. The summed E-state index contributed by atoms with van der Waals surface area (Å²) in [6.07, 6.45) is 0.943. The average molecular weight is 231 g/mol. The largest absolute Gasteiger partial charge is 0.385 e. The van der Waals surface area contributed by atoms with Crippen LogP contribution in [0.5, 0.6) is 0 Å². The van der Waals surface area contributed by atoms with Gasteiger partial charge in [0.1, 0.15) is 0 Å². The molecule has 0 radical (unpaired) electrons. The van der Waals surface area contributed by atoms with Crippen LogP contribution in [-0.2, 0) is 9.47 Å². The second kappa shape index (κ2) is 12.3. The lowest BCUT2D eigenvalue weighted by Crippen LogP contribution is -2.39. The van der Waals surface area contributed by atoms with Gasteiger partial charge in [-0.2, -0.15) is 0 Å². The summed E-state index contributed by atoms with van der Waals surface area (Å²) in [6, 6.07) is 0. The van der Waals surface area contributed by atoms with Crippen LogP contribution in [0.25, 0.3) is 0 Å². The van der Waals surface area contributed by atoms with E-state index in [0.717, 1.165) is 45.2 Å². The molecule has 0 saturated carbocycles. The molecule has 16 heavy (non-hydrogen) atoms. The molecule has 2 N–H and O–H groups in total. The van der Waals surface area contributed by atoms with Crippen molar-refractivity contribution in [3.63, 3.8) is 0 Å². The van der Waals surface area contributed by atoms with E-state index in [-0.39, 0.29) is 0 Å². The quantitative estimate of drug-likeness (QED) is 0.347. The van der Waals surface area contributed by atoms with E-state index >= 15 is 0 Å². The van der Waals surface area contributed by atoms with Gasteiger partial charge in [0.25, 0.3) is 0 Å². The molecule has 0 aliphatic carbocycles. The maximum atomic E-state index is 5.24. The molecular formula is C11H25N3O2. The van der Waals surface area contributed by atoms with Crippen molar-refractivity contribution in [2.45, 2.75) is 20.3 Å². The zero-order valence-electron chi connectivity index (χ0n) is 10.7. The average Bonchev–Trinajstić information content (AvgIpc) is 2.30. The number of methoxy groups -OCH3 is 1. The van der Waals surface area contributed by atoms with E-state index in [1.54, 1.807) is 7.11 Å². The molecule has 0 rings (SSSR count). The van der Waals surface area contributed by atoms with Gasteiger partial charge in [0, 0.05) is 40.0 Å². The van der Waals surface area contributed by atoms with E-state index in [0.29, 0.717) is 6.61 Å². The summed E-state index contributed by atoms with van der Waals surface area (Å²) in [7, 11) is 1.70. The van der Waals surface area contributed by atoms with Crippen LogP contribution < -0.4 is 10.6 Å². The Hall–Kier alpha value is -0.810. The van der Waals surface area contributed by atoms with Gasteiger partial charge in [-0.3, -0.25) is 4.99 Å². The van der Waals surface area contributed by atoms with Crippen LogP contribution in [0.4, 0.5) is 0 Å². The smallest absolute Gasteiger partial charge is 0.191 e. The molecule has 0 aliphatic heterocycles. The number of ether oxygens (including phenoxy) is 2. The molecule has 0 amide bonds. The van der Waals surface area contributed by atoms with Gasteiger partial charge in [0.2, 0.25) is 0 Å². The summed E-state index contributed by atoms with van der Waals surface area (Å²) in [5.74, 6) is 0.846. The monoisotopic (exact) mass is 231 g/mol. The number of rotatable bonds is 9. The Balaban J connectivity index is 3.67. The Bertz CT molecular complexity index is 175. The molecular weight excluding hydrogens is 206 g/mol. The van der Waals surface area contributed by atoms with Crippen molar-refractivity contribution in [3.8, 4) is 0 Å². The highest BCUT2D eigenvalue weighted by Gasteiger charge is 1.95. The molecule has 0 aliphatic rings. The lowest BCUT2D eigenvalue weighted by molar-refractivity contribution is 0.152. The van der Waals surface area contributed by atoms with E-state index in [4.69, 9.17) is 9.47 Å². The van der Waals surface area contributed by atoms with Crippen LogP contribution in [0.3, 0.4) is 0 Å². The van der Waals surface area contributed by atoms with Crippen LogP contribution in [0.15, 0.2) is 4.99 Å². The molecule has 0 unspecified atom stereocenters. The normalized spacial score (nSPS) is 11.6. The Kier molecular flexibility index (Phi) is 11.6. The van der Waals surface area contributed by atoms with Crippen LogP contribution >= 0.6 is 0 Å². The van der Waals surface area contributed by atoms with Gasteiger partial charge in [-0.15, -0.1) is 0 Å². The third-order valence-corrected chi connectivity index (χ3v) is 1.86. The van der Waals surface area contributed by atoms with Crippen molar-refractivity contribution < 1.29 is 9.47 Å². The van der Waals surface area contributed by atoms with E-state index in [1.165, 1.54) is 0 Å². The first-order chi connectivity index (χ1) is 7.85. The van der Waals surface area contributed by atoms with Crippen molar-refractivity contribution in [2.75, 3.05) is 46.6 Å². The Morgan fingerprint density at radius 3 is 2.62 bits per heavy atom. The predicted molar refractivity (Wildman–Crippen MR) is 67.0 cm³/mol. The third-order valence-electron chi connectivity index (χ3n) is 1.86. The molecule has 0 bridgehead atoms. The molecule has 5 nitrogen and oxygen atoms in total. The standard InChI is InChI=1S/C11H25N3O2/c1-4-12-11(13-7-6-9-15-3)14-8-10-16-5-2/h4-10H2,1-3H3,(H2,12,13,14). The van der Waals surface area contributed by atoms with Crippen LogP contribution in [0.2, 0.25) is 0 Å². The number of nitrogens with one attached hydrogen (secondary N) is 2. The summed E-state index contributed by atoms with van der Waals surface area (Å²) >= 11 is 0. The van der Waals surface area contributed by atoms with Crippen molar-refractivity contribution in [1.82, 2.24) is 10.6 Å². The highest BCUT2D eigenvalue weighted by atomic mass is 16.5. The molecule has 0 aromatic rings. The van der Waals surface area contributed by atoms with Gasteiger partial charge in [-0.25, -0.2) is 0 Å². The van der Waals surface area contributed by atoms with Gasteiger partial charge >= 0.3 is 0 Å². The molecule has 0 saturated heterocycles. The molecule has 0 aromatic heterocycles. The molecule has 0 aromatic carbocycles. The lowest BCUT2D eigenvalue weighted by Gasteiger charge is -2.10. The first-order valence-corrected chi connectivity index (χ1v) is 5.94. The minimum absolute atomic E-state index is 0.707. The van der Waals surface area contributed by atoms with Crippen molar-refractivity contribution in [1.29, 1.82) is 0 Å². The maximum absolute atomic E-state index is 5.24. The van der Waals surface area contributed by atoms with Gasteiger partial charge in [0.15, 0.2) is 5.96 Å². The summed E-state index contributed by atoms with van der Waals surface area (Å²) in [5.41, 5.74) is 0. The Morgan fingerprint density at radius 2 is 2.00 bits per heavy atom. The van der Waals surface area contributed by atoms with Crippen LogP contribution in [-0.4, -0.2) is 52.5 Å². The first-order valence-electron chi connectivity index (χ1n) is 5.94. The SMILES string of the molecule is CCNC(=NCCCOC)NCCOCC. The summed E-state index contributed by atoms with van der Waals surface area (Å²) in [4.78, 5) is 4.41. The second-order valence-corrected chi connectivity index (χ2v) is 3.23. The van der Waals surface area contributed by atoms with E-state index in [2.05, 4.69) is 22.5 Å². The minimum atomic E-state index is 0.707. The summed E-state index contributed by atoms with van der Waals surface area (Å²) in [5, 5.41) is 6.38. The summed E-state index contributed by atoms with van der Waals surface area (Å²) < 4.78 is 10.2. The van der Waals surface area contributed by atoms with Crippen molar-refractivity contribution >= 4 is 5.96 Å². The fourth-order valence-corrected chi connectivity index (χ4v) is 1.13. The number of nitrogens with zero attached hydrogens (tertiary/aromatic N) is 1. The molecule has 0 atom stereocenters. The molecule has 96 valence electrons. The van der Waals surface area contributed by atoms with Gasteiger partial charge in [-0.05, 0) is 20.3 Å². The zero-order valence-corrected chi connectivity index (χ0v) is 10.7. The van der Waals surface area contributed by atoms with E-state index < -0.39 is 0 Å². The van der Waals surface area contributed by atoms with Crippen molar-refractivity contribution in [3.05, 3.63) is 0 Å². The fraction of sp³-hybridized carbons (Fsp3) is 0.909. The summed E-state index contributed by atoms with van der Waals surface area (Å²) in [6.45, 7) is 8.68. The molecule has 0 heterocycles. The minimum Gasteiger partial charge on any atom is -0.385 e. The van der Waals surface area contributed by atoms with Crippen molar-refractivity contribution in [2.24, 2.45) is 4.99 Å². The van der Waals surface area contributed by atoms with Gasteiger partial charge in [-0.1, -0.05) is 0 Å². The van der Waals surface area contributed by atoms with Gasteiger partial charge in [0.05, 0.1) is 6.61 Å². The Labute approximate surface area is 98.6 Å². The topological polar surface area (TPSA) is 54.9 Å². The lowest BCUT2D eigenvalue weighted by atomic mass is 10.5. The predicted octanol–water partition coefficient (Wildman–Crippen LogP) is 0.615. The molecule has 0 spiro atoms. The number of hydrogen-bond acceptors (Lipinski definition) is 3. The van der Waals surface area contributed by atoms with E-state index in [1.807, 2.05) is 6.92 Å². The van der Waals surface area contributed by atoms with Crippen LogP contribution in [0, 0.1) is 0 Å². The van der Waals surface area contributed by atoms with Crippen LogP contribution in [0.1, 0.15) is 20.3 Å². The Morgan fingerprint density at radius 1 is 1.19 bits per heavy atom. The molecule has 5 heteroatoms. The van der Waals surface area contributed by atoms with E-state index in [9.17, 15) is 0 Å². The maximum Gasteiger partial charge on any atom is 0.191 e. The zero-order chi connectivity index (χ0) is 12.1. The number of guanidine groups is 1. The number of hydrogen-bond donors (Lipinski definition) is 2.